The number of hydrogen-bond donors (Lipinski definition) is 1. The predicted molar refractivity (Wildman–Crippen MR) is 68.1 cm³/mol. The maximum Gasteiger partial charge on any atom is 0.202 e. The second-order valence-corrected chi connectivity index (χ2v) is 3.88. The van der Waals surface area contributed by atoms with E-state index in [0.29, 0.717) is 11.3 Å². The average molecular weight is 265 g/mol. The lowest BCUT2D eigenvalue weighted by Gasteiger charge is -2.12. The molecule has 0 heterocycles. The summed E-state index contributed by atoms with van der Waals surface area (Å²) in [6.45, 7) is 0.0363. The van der Waals surface area contributed by atoms with E-state index in [1.807, 2.05) is 0 Å². The third-order valence-electron chi connectivity index (χ3n) is 2.64. The van der Waals surface area contributed by atoms with Crippen molar-refractivity contribution in [3.05, 3.63) is 53.6 Å². The molecular weight excluding hydrogens is 252 g/mol. The zero-order chi connectivity index (χ0) is 13.8. The molecule has 100 valence electrons. The first kappa shape index (κ1) is 13.1. The van der Waals surface area contributed by atoms with Crippen molar-refractivity contribution in [2.24, 2.45) is 0 Å². The van der Waals surface area contributed by atoms with Crippen LogP contribution in [-0.2, 0) is 6.61 Å². The SMILES string of the molecule is COc1ccccc1COc1c(N)ccc(F)c1F. The van der Waals surface area contributed by atoms with Gasteiger partial charge in [-0.25, -0.2) is 4.39 Å². The van der Waals surface area contributed by atoms with Gasteiger partial charge in [-0.15, -0.1) is 0 Å². The first-order chi connectivity index (χ1) is 9.13. The number of methoxy groups -OCH3 is 1. The van der Waals surface area contributed by atoms with Crippen LogP contribution in [0.3, 0.4) is 0 Å². The highest BCUT2D eigenvalue weighted by atomic mass is 19.2. The van der Waals surface area contributed by atoms with Crippen molar-refractivity contribution < 1.29 is 18.3 Å². The minimum Gasteiger partial charge on any atom is -0.496 e. The van der Waals surface area contributed by atoms with Gasteiger partial charge in [-0.1, -0.05) is 18.2 Å². The maximum absolute atomic E-state index is 13.5. The molecule has 0 fully saturated rings. The highest BCUT2D eigenvalue weighted by Gasteiger charge is 2.14. The molecule has 0 unspecified atom stereocenters. The topological polar surface area (TPSA) is 44.5 Å². The Morgan fingerprint density at radius 3 is 2.58 bits per heavy atom. The molecule has 2 aromatic rings. The van der Waals surface area contributed by atoms with E-state index in [9.17, 15) is 8.78 Å². The number of ether oxygens (including phenoxy) is 2. The molecule has 3 nitrogen and oxygen atoms in total. The molecule has 5 heteroatoms. The van der Waals surface area contributed by atoms with Crippen LogP contribution in [0.5, 0.6) is 11.5 Å². The van der Waals surface area contributed by atoms with Gasteiger partial charge < -0.3 is 15.2 Å². The first-order valence-corrected chi connectivity index (χ1v) is 5.61. The van der Waals surface area contributed by atoms with Gasteiger partial charge in [0, 0.05) is 5.56 Å². The van der Waals surface area contributed by atoms with Crippen LogP contribution in [0.15, 0.2) is 36.4 Å². The van der Waals surface area contributed by atoms with Crippen molar-refractivity contribution >= 4 is 5.69 Å². The molecule has 0 spiro atoms. The van der Waals surface area contributed by atoms with Crippen molar-refractivity contribution in [1.82, 2.24) is 0 Å². The number of halogens is 2. The molecule has 0 bridgehead atoms. The average Bonchev–Trinajstić information content (AvgIpc) is 2.43. The van der Waals surface area contributed by atoms with Crippen LogP contribution in [0, 0.1) is 11.6 Å². The highest BCUT2D eigenvalue weighted by Crippen LogP contribution is 2.29. The van der Waals surface area contributed by atoms with Crippen LogP contribution >= 0.6 is 0 Å². The van der Waals surface area contributed by atoms with Crippen molar-refractivity contribution in [2.75, 3.05) is 12.8 Å². The van der Waals surface area contributed by atoms with E-state index in [4.69, 9.17) is 15.2 Å². The summed E-state index contributed by atoms with van der Waals surface area (Å²) in [6, 6.07) is 9.35. The zero-order valence-corrected chi connectivity index (χ0v) is 10.3. The molecule has 0 amide bonds. The Kier molecular flexibility index (Phi) is 3.85. The predicted octanol–water partition coefficient (Wildman–Crippen LogP) is 3.13. The Hall–Kier alpha value is -2.30. The molecule has 0 aliphatic heterocycles. The Morgan fingerprint density at radius 2 is 1.84 bits per heavy atom. The third kappa shape index (κ3) is 2.76. The molecule has 0 radical (unpaired) electrons. The van der Waals surface area contributed by atoms with E-state index < -0.39 is 11.6 Å². The number of nitrogens with two attached hydrogens (primary N) is 1. The number of benzene rings is 2. The van der Waals surface area contributed by atoms with Crippen LogP contribution in [0.4, 0.5) is 14.5 Å². The third-order valence-corrected chi connectivity index (χ3v) is 2.64. The van der Waals surface area contributed by atoms with Crippen molar-refractivity contribution in [2.45, 2.75) is 6.61 Å². The quantitative estimate of drug-likeness (QED) is 0.864. The number of rotatable bonds is 4. The summed E-state index contributed by atoms with van der Waals surface area (Å²) in [5.41, 5.74) is 6.33. The van der Waals surface area contributed by atoms with Crippen LogP contribution in [0.1, 0.15) is 5.56 Å². The van der Waals surface area contributed by atoms with E-state index in [-0.39, 0.29) is 18.0 Å². The van der Waals surface area contributed by atoms with E-state index >= 15 is 0 Å². The minimum absolute atomic E-state index is 0.0363. The maximum atomic E-state index is 13.5. The molecule has 0 saturated heterocycles. The second-order valence-electron chi connectivity index (χ2n) is 3.88. The highest BCUT2D eigenvalue weighted by molar-refractivity contribution is 5.53. The van der Waals surface area contributed by atoms with Gasteiger partial charge in [-0.05, 0) is 18.2 Å². The largest absolute Gasteiger partial charge is 0.496 e. The van der Waals surface area contributed by atoms with Gasteiger partial charge in [-0.3, -0.25) is 0 Å². The molecule has 19 heavy (non-hydrogen) atoms. The Morgan fingerprint density at radius 1 is 1.11 bits per heavy atom. The summed E-state index contributed by atoms with van der Waals surface area (Å²) in [5, 5.41) is 0. The second kappa shape index (κ2) is 5.56. The lowest BCUT2D eigenvalue weighted by atomic mass is 10.2. The molecule has 0 atom stereocenters. The zero-order valence-electron chi connectivity index (χ0n) is 10.3. The Bertz CT molecular complexity index is 588. The van der Waals surface area contributed by atoms with E-state index in [0.717, 1.165) is 6.07 Å². The van der Waals surface area contributed by atoms with Crippen molar-refractivity contribution in [1.29, 1.82) is 0 Å². The molecule has 0 aliphatic carbocycles. The Labute approximate surface area is 109 Å². The summed E-state index contributed by atoms with van der Waals surface area (Å²) in [6.07, 6.45) is 0. The van der Waals surface area contributed by atoms with Crippen LogP contribution in [0.25, 0.3) is 0 Å². The van der Waals surface area contributed by atoms with Crippen molar-refractivity contribution in [3.8, 4) is 11.5 Å². The van der Waals surface area contributed by atoms with Gasteiger partial charge in [0.2, 0.25) is 5.82 Å². The van der Waals surface area contributed by atoms with Gasteiger partial charge in [0.05, 0.1) is 12.8 Å². The fraction of sp³-hybridized carbons (Fsp3) is 0.143. The summed E-state index contributed by atoms with van der Waals surface area (Å²) in [5.74, 6) is -1.76. The lowest BCUT2D eigenvalue weighted by molar-refractivity contribution is 0.279. The summed E-state index contributed by atoms with van der Waals surface area (Å²) >= 11 is 0. The monoisotopic (exact) mass is 265 g/mol. The van der Waals surface area contributed by atoms with Crippen LogP contribution < -0.4 is 15.2 Å². The van der Waals surface area contributed by atoms with Crippen molar-refractivity contribution in [3.63, 3.8) is 0 Å². The van der Waals surface area contributed by atoms with Gasteiger partial charge in [-0.2, -0.15) is 4.39 Å². The molecule has 2 N–H and O–H groups in total. The molecule has 0 aliphatic rings. The number of anilines is 1. The minimum atomic E-state index is -1.09. The van der Waals surface area contributed by atoms with Crippen LogP contribution in [-0.4, -0.2) is 7.11 Å². The Balaban J connectivity index is 2.21. The lowest BCUT2D eigenvalue weighted by Crippen LogP contribution is -2.03. The summed E-state index contributed by atoms with van der Waals surface area (Å²) in [4.78, 5) is 0. The number of nitrogen functional groups attached to an aromatic ring is 1. The molecular formula is C14H13F2NO2. The summed E-state index contributed by atoms with van der Waals surface area (Å²) < 4.78 is 37.0. The molecule has 0 saturated carbocycles. The van der Waals surface area contributed by atoms with E-state index in [1.54, 1.807) is 24.3 Å². The van der Waals surface area contributed by atoms with Gasteiger partial charge in [0.1, 0.15) is 12.4 Å². The van der Waals surface area contributed by atoms with Gasteiger partial charge in [0.25, 0.3) is 0 Å². The fourth-order valence-corrected chi connectivity index (χ4v) is 1.67. The van der Waals surface area contributed by atoms with Crippen LogP contribution in [0.2, 0.25) is 0 Å². The number of hydrogen-bond acceptors (Lipinski definition) is 3. The van der Waals surface area contributed by atoms with E-state index in [2.05, 4.69) is 0 Å². The fourth-order valence-electron chi connectivity index (χ4n) is 1.67. The van der Waals surface area contributed by atoms with E-state index in [1.165, 1.54) is 13.2 Å². The molecule has 2 rings (SSSR count). The smallest absolute Gasteiger partial charge is 0.202 e. The van der Waals surface area contributed by atoms with Gasteiger partial charge >= 0.3 is 0 Å². The normalized spacial score (nSPS) is 10.3. The molecule has 0 aromatic heterocycles. The summed E-state index contributed by atoms with van der Waals surface area (Å²) in [7, 11) is 1.52. The standard InChI is InChI=1S/C14H13F2NO2/c1-18-12-5-3-2-4-9(12)8-19-14-11(17)7-6-10(15)13(14)16/h2-7H,8,17H2,1H3. The number of para-hydroxylation sites is 1. The first-order valence-electron chi connectivity index (χ1n) is 5.61. The van der Waals surface area contributed by atoms with Gasteiger partial charge in [0.15, 0.2) is 11.6 Å². The molecule has 2 aromatic carbocycles.